The number of aromatic nitrogens is 4. The first-order valence-corrected chi connectivity index (χ1v) is 6.68. The summed E-state index contributed by atoms with van der Waals surface area (Å²) in [6, 6.07) is 4.21. The van der Waals surface area contributed by atoms with Crippen LogP contribution in [0, 0.1) is 0 Å². The Bertz CT molecular complexity index is 584. The lowest BCUT2D eigenvalue weighted by Gasteiger charge is -2.30. The van der Waals surface area contributed by atoms with E-state index in [0.29, 0.717) is 17.7 Å². The minimum Gasteiger partial charge on any atom is -0.480 e. The smallest absolute Gasteiger partial charge is 0.245 e. The highest BCUT2D eigenvalue weighted by molar-refractivity contribution is 5.62. The van der Waals surface area contributed by atoms with Crippen LogP contribution in [0.4, 0.5) is 5.95 Å². The number of H-pyrrole nitrogens is 1. The van der Waals surface area contributed by atoms with Gasteiger partial charge in [0.15, 0.2) is 5.82 Å². The Labute approximate surface area is 117 Å². The molecule has 0 aliphatic carbocycles. The van der Waals surface area contributed by atoms with Gasteiger partial charge in [-0.2, -0.15) is 4.98 Å². The van der Waals surface area contributed by atoms with E-state index in [9.17, 15) is 0 Å². The van der Waals surface area contributed by atoms with Crippen molar-refractivity contribution < 1.29 is 4.74 Å². The Hall–Kier alpha value is -2.15. The van der Waals surface area contributed by atoms with Crippen LogP contribution < -0.4 is 15.0 Å². The molecule has 106 valence electrons. The van der Waals surface area contributed by atoms with Crippen LogP contribution in [0.5, 0.6) is 5.88 Å². The van der Waals surface area contributed by atoms with E-state index >= 15 is 0 Å². The maximum Gasteiger partial charge on any atom is 0.245 e. The van der Waals surface area contributed by atoms with Crippen LogP contribution >= 0.6 is 0 Å². The largest absolute Gasteiger partial charge is 0.480 e. The number of ether oxygens (including phenoxy) is 1. The van der Waals surface area contributed by atoms with Gasteiger partial charge in [0.1, 0.15) is 0 Å². The number of rotatable bonds is 3. The van der Waals surface area contributed by atoms with E-state index in [1.54, 1.807) is 13.3 Å². The summed E-state index contributed by atoms with van der Waals surface area (Å²) >= 11 is 0. The maximum absolute atomic E-state index is 5.25. The first-order chi connectivity index (χ1) is 9.78. The Morgan fingerprint density at radius 1 is 1.45 bits per heavy atom. The van der Waals surface area contributed by atoms with E-state index in [2.05, 4.69) is 37.3 Å². The second kappa shape index (κ2) is 5.46. The summed E-state index contributed by atoms with van der Waals surface area (Å²) in [6.07, 6.45) is 1.69. The van der Waals surface area contributed by atoms with E-state index < -0.39 is 0 Å². The zero-order valence-corrected chi connectivity index (χ0v) is 11.6. The van der Waals surface area contributed by atoms with Crippen LogP contribution in [0.3, 0.4) is 0 Å². The number of hydrogen-bond acceptors (Lipinski definition) is 6. The van der Waals surface area contributed by atoms with E-state index in [4.69, 9.17) is 4.74 Å². The molecule has 0 radical (unpaired) electrons. The van der Waals surface area contributed by atoms with Crippen molar-refractivity contribution >= 4 is 5.95 Å². The van der Waals surface area contributed by atoms with Gasteiger partial charge >= 0.3 is 0 Å². The first kappa shape index (κ1) is 12.9. The predicted octanol–water partition coefficient (Wildman–Crippen LogP) is 0.673. The van der Waals surface area contributed by atoms with E-state index in [0.717, 1.165) is 31.1 Å². The fourth-order valence-electron chi connectivity index (χ4n) is 2.36. The van der Waals surface area contributed by atoms with Gasteiger partial charge in [-0.05, 0) is 19.1 Å². The van der Waals surface area contributed by atoms with Crippen LogP contribution in [0.2, 0.25) is 0 Å². The van der Waals surface area contributed by atoms with Gasteiger partial charge in [-0.1, -0.05) is 0 Å². The van der Waals surface area contributed by atoms with Gasteiger partial charge in [-0.15, -0.1) is 5.10 Å². The SMILES string of the molecule is COc1ncccc1-c1nc(N2CCN[C@H](C)C2)n[nH]1. The molecule has 0 aromatic carbocycles. The topological polar surface area (TPSA) is 79.0 Å². The van der Waals surface area contributed by atoms with E-state index in [1.165, 1.54) is 0 Å². The minimum absolute atomic E-state index is 0.443. The molecule has 0 amide bonds. The van der Waals surface area contributed by atoms with Gasteiger partial charge in [0.2, 0.25) is 11.8 Å². The maximum atomic E-state index is 5.25. The molecule has 2 aromatic rings. The lowest BCUT2D eigenvalue weighted by Crippen LogP contribution is -2.49. The third-order valence-electron chi connectivity index (χ3n) is 3.34. The normalized spacial score (nSPS) is 19.1. The molecule has 1 atom stereocenters. The van der Waals surface area contributed by atoms with Crippen LogP contribution in [0.25, 0.3) is 11.4 Å². The second-order valence-electron chi connectivity index (χ2n) is 4.85. The second-order valence-corrected chi connectivity index (χ2v) is 4.85. The third kappa shape index (κ3) is 2.44. The van der Waals surface area contributed by atoms with Gasteiger partial charge in [0.05, 0.1) is 12.7 Å². The average molecular weight is 274 g/mol. The monoisotopic (exact) mass is 274 g/mol. The zero-order chi connectivity index (χ0) is 13.9. The molecule has 2 aromatic heterocycles. The van der Waals surface area contributed by atoms with Crippen molar-refractivity contribution in [2.24, 2.45) is 0 Å². The molecule has 0 spiro atoms. The molecule has 1 saturated heterocycles. The van der Waals surface area contributed by atoms with Crippen LogP contribution in [0.15, 0.2) is 18.3 Å². The molecular weight excluding hydrogens is 256 g/mol. The molecule has 0 bridgehead atoms. The summed E-state index contributed by atoms with van der Waals surface area (Å²) in [5.41, 5.74) is 0.817. The van der Waals surface area contributed by atoms with Crippen molar-refractivity contribution in [3.05, 3.63) is 18.3 Å². The van der Waals surface area contributed by atoms with Gasteiger partial charge in [0, 0.05) is 31.9 Å². The third-order valence-corrected chi connectivity index (χ3v) is 3.34. The Kier molecular flexibility index (Phi) is 3.51. The van der Waals surface area contributed by atoms with Gasteiger partial charge in [-0.25, -0.2) is 4.98 Å². The van der Waals surface area contributed by atoms with Crippen molar-refractivity contribution in [1.82, 2.24) is 25.5 Å². The highest BCUT2D eigenvalue weighted by atomic mass is 16.5. The molecule has 7 nitrogen and oxygen atoms in total. The summed E-state index contributed by atoms with van der Waals surface area (Å²) in [7, 11) is 1.60. The number of aromatic amines is 1. The number of pyridine rings is 1. The Morgan fingerprint density at radius 2 is 2.35 bits per heavy atom. The lowest BCUT2D eigenvalue weighted by atomic mass is 10.2. The van der Waals surface area contributed by atoms with Crippen LogP contribution in [-0.4, -0.2) is 53.0 Å². The molecule has 1 fully saturated rings. The average Bonchev–Trinajstić information content (AvgIpc) is 2.97. The van der Waals surface area contributed by atoms with Crippen LogP contribution in [-0.2, 0) is 0 Å². The zero-order valence-electron chi connectivity index (χ0n) is 11.6. The minimum atomic E-state index is 0.443. The number of piperazine rings is 1. The van der Waals surface area contributed by atoms with Gasteiger partial charge < -0.3 is 15.0 Å². The van der Waals surface area contributed by atoms with Crippen molar-refractivity contribution in [1.29, 1.82) is 0 Å². The lowest BCUT2D eigenvalue weighted by molar-refractivity contribution is 0.399. The standard InChI is InChI=1S/C13H18N6O/c1-9-8-19(7-6-14-9)13-16-11(17-18-13)10-4-3-5-15-12(10)20-2/h3-5,9,14H,6-8H2,1-2H3,(H,16,17,18)/t9-/m1/s1. The number of anilines is 1. The molecule has 7 heteroatoms. The van der Waals surface area contributed by atoms with Crippen molar-refractivity contribution in [2.75, 3.05) is 31.6 Å². The summed E-state index contributed by atoms with van der Waals surface area (Å²) in [4.78, 5) is 10.9. The molecular formula is C13H18N6O. The molecule has 0 saturated carbocycles. The molecule has 2 N–H and O–H groups in total. The Balaban J connectivity index is 1.86. The van der Waals surface area contributed by atoms with E-state index in [-0.39, 0.29) is 0 Å². The number of nitrogens with zero attached hydrogens (tertiary/aromatic N) is 4. The van der Waals surface area contributed by atoms with Crippen LogP contribution in [0.1, 0.15) is 6.92 Å². The highest BCUT2D eigenvalue weighted by Gasteiger charge is 2.20. The fourth-order valence-corrected chi connectivity index (χ4v) is 2.36. The summed E-state index contributed by atoms with van der Waals surface area (Å²) in [5.74, 6) is 1.94. The first-order valence-electron chi connectivity index (χ1n) is 6.68. The molecule has 20 heavy (non-hydrogen) atoms. The molecule has 3 rings (SSSR count). The number of methoxy groups -OCH3 is 1. The molecule has 1 aliphatic rings. The quantitative estimate of drug-likeness (QED) is 0.856. The van der Waals surface area contributed by atoms with Gasteiger partial charge in [-0.3, -0.25) is 5.10 Å². The molecule has 3 heterocycles. The predicted molar refractivity (Wildman–Crippen MR) is 75.8 cm³/mol. The number of nitrogens with one attached hydrogen (secondary N) is 2. The highest BCUT2D eigenvalue weighted by Crippen LogP contribution is 2.25. The summed E-state index contributed by atoms with van der Waals surface area (Å²) < 4.78 is 5.25. The van der Waals surface area contributed by atoms with Crippen molar-refractivity contribution in [3.63, 3.8) is 0 Å². The Morgan fingerprint density at radius 3 is 3.15 bits per heavy atom. The fraction of sp³-hybridized carbons (Fsp3) is 0.462. The van der Waals surface area contributed by atoms with Crippen molar-refractivity contribution in [3.8, 4) is 17.3 Å². The summed E-state index contributed by atoms with van der Waals surface area (Å²) in [6.45, 7) is 4.92. The summed E-state index contributed by atoms with van der Waals surface area (Å²) in [5, 5.41) is 10.7. The van der Waals surface area contributed by atoms with E-state index in [1.807, 2.05) is 12.1 Å². The van der Waals surface area contributed by atoms with Gasteiger partial charge in [0.25, 0.3) is 0 Å². The molecule has 1 aliphatic heterocycles. The number of hydrogen-bond donors (Lipinski definition) is 2. The molecule has 0 unspecified atom stereocenters. The van der Waals surface area contributed by atoms with Crippen molar-refractivity contribution in [2.45, 2.75) is 13.0 Å².